The van der Waals surface area contributed by atoms with E-state index in [0.29, 0.717) is 36.2 Å². The molecule has 8 nitrogen and oxygen atoms in total. The zero-order chi connectivity index (χ0) is 24.0. The molecule has 0 aliphatic carbocycles. The zero-order valence-corrected chi connectivity index (χ0v) is 19.7. The molecule has 2 N–H and O–H groups in total. The Morgan fingerprint density at radius 1 is 1.15 bits per heavy atom. The Kier molecular flexibility index (Phi) is 7.71. The molecule has 0 unspecified atom stereocenters. The van der Waals surface area contributed by atoms with Crippen LogP contribution in [-0.4, -0.2) is 42.2 Å². The topological polar surface area (TPSA) is 94.5 Å². The van der Waals surface area contributed by atoms with E-state index in [1.807, 2.05) is 50.3 Å². The van der Waals surface area contributed by atoms with Crippen molar-refractivity contribution < 1.29 is 19.1 Å². The second-order valence-electron chi connectivity index (χ2n) is 7.73. The number of benzene rings is 1. The molecular weight excluding hydrogens is 420 g/mol. The molecule has 1 amide bonds. The molecule has 0 aliphatic rings. The average Bonchev–Trinajstić information content (AvgIpc) is 3.12. The summed E-state index contributed by atoms with van der Waals surface area (Å²) in [5.74, 6) is -0.0357. The van der Waals surface area contributed by atoms with E-state index >= 15 is 0 Å². The van der Waals surface area contributed by atoms with Crippen LogP contribution in [-0.2, 0) is 22.5 Å². The highest BCUT2D eigenvalue weighted by Crippen LogP contribution is 2.33. The molecule has 0 spiro atoms. The van der Waals surface area contributed by atoms with Crippen molar-refractivity contribution in [2.75, 3.05) is 31.4 Å². The maximum Gasteiger partial charge on any atom is 0.356 e. The number of hydrogen-bond acceptors (Lipinski definition) is 6. The lowest BCUT2D eigenvalue weighted by molar-refractivity contribution is -0.114. The Morgan fingerprint density at radius 2 is 1.88 bits per heavy atom. The largest absolute Gasteiger partial charge is 0.497 e. The minimum atomic E-state index is -0.536. The summed E-state index contributed by atoms with van der Waals surface area (Å²) in [5.41, 5.74) is 4.32. The third kappa shape index (κ3) is 5.52. The predicted octanol–water partition coefficient (Wildman–Crippen LogP) is 4.41. The van der Waals surface area contributed by atoms with E-state index in [0.717, 1.165) is 17.0 Å². The van der Waals surface area contributed by atoms with Crippen molar-refractivity contribution >= 4 is 34.3 Å². The van der Waals surface area contributed by atoms with Crippen LogP contribution in [0.1, 0.15) is 36.8 Å². The van der Waals surface area contributed by atoms with E-state index in [2.05, 4.69) is 15.6 Å². The Morgan fingerprint density at radius 3 is 2.48 bits per heavy atom. The van der Waals surface area contributed by atoms with Crippen molar-refractivity contribution in [1.82, 2.24) is 9.55 Å². The summed E-state index contributed by atoms with van der Waals surface area (Å²) >= 11 is 0. The van der Waals surface area contributed by atoms with E-state index in [4.69, 9.17) is 9.47 Å². The van der Waals surface area contributed by atoms with Gasteiger partial charge in [-0.1, -0.05) is 23.8 Å². The van der Waals surface area contributed by atoms with Gasteiger partial charge in [0.2, 0.25) is 5.91 Å². The van der Waals surface area contributed by atoms with Crippen LogP contribution in [0.3, 0.4) is 0 Å². The van der Waals surface area contributed by atoms with Crippen molar-refractivity contribution in [3.63, 3.8) is 0 Å². The SMILES string of the molecule is C/C=C(\C)CNc1cnc2c(c1)c(NC(C)=O)c(C(=O)OC)n2CCc1ccc(OC)cc1. The van der Waals surface area contributed by atoms with Gasteiger partial charge in [-0.25, -0.2) is 9.78 Å². The zero-order valence-electron chi connectivity index (χ0n) is 19.7. The summed E-state index contributed by atoms with van der Waals surface area (Å²) < 4.78 is 12.1. The van der Waals surface area contributed by atoms with Crippen LogP contribution in [0.2, 0.25) is 0 Å². The van der Waals surface area contributed by atoms with Gasteiger partial charge in [-0.05, 0) is 44.0 Å². The Balaban J connectivity index is 2.06. The Labute approximate surface area is 193 Å². The molecule has 1 aromatic carbocycles. The molecule has 3 rings (SSSR count). The van der Waals surface area contributed by atoms with Crippen molar-refractivity contribution in [2.24, 2.45) is 0 Å². The summed E-state index contributed by atoms with van der Waals surface area (Å²) in [5, 5.41) is 6.81. The average molecular weight is 451 g/mol. The maximum atomic E-state index is 12.8. The number of aromatic nitrogens is 2. The molecule has 33 heavy (non-hydrogen) atoms. The molecule has 0 saturated heterocycles. The smallest absolute Gasteiger partial charge is 0.356 e. The van der Waals surface area contributed by atoms with Gasteiger partial charge in [0.1, 0.15) is 11.4 Å². The molecule has 0 saturated carbocycles. The van der Waals surface area contributed by atoms with Gasteiger partial charge >= 0.3 is 5.97 Å². The van der Waals surface area contributed by atoms with Gasteiger partial charge in [0.25, 0.3) is 0 Å². The third-order valence-corrected chi connectivity index (χ3v) is 5.43. The second-order valence-corrected chi connectivity index (χ2v) is 7.73. The summed E-state index contributed by atoms with van der Waals surface area (Å²) in [7, 11) is 2.95. The van der Waals surface area contributed by atoms with Gasteiger partial charge in [0.15, 0.2) is 5.69 Å². The first-order valence-corrected chi connectivity index (χ1v) is 10.7. The number of nitrogens with one attached hydrogen (secondary N) is 2. The Bertz CT molecular complexity index is 1180. The molecular formula is C25H30N4O4. The lowest BCUT2D eigenvalue weighted by Crippen LogP contribution is -2.16. The number of esters is 1. The lowest BCUT2D eigenvalue weighted by atomic mass is 10.1. The van der Waals surface area contributed by atoms with E-state index in [1.54, 1.807) is 17.9 Å². The number of methoxy groups -OCH3 is 2. The molecule has 2 aromatic heterocycles. The van der Waals surface area contributed by atoms with Crippen LogP contribution in [0.4, 0.5) is 11.4 Å². The van der Waals surface area contributed by atoms with Crippen LogP contribution in [0.25, 0.3) is 11.0 Å². The fraction of sp³-hybridized carbons (Fsp3) is 0.320. The molecule has 8 heteroatoms. The quantitative estimate of drug-likeness (QED) is 0.370. The fourth-order valence-corrected chi connectivity index (χ4v) is 3.53. The van der Waals surface area contributed by atoms with E-state index in [1.165, 1.54) is 19.6 Å². The van der Waals surface area contributed by atoms with Gasteiger partial charge in [-0.15, -0.1) is 0 Å². The van der Waals surface area contributed by atoms with Crippen LogP contribution >= 0.6 is 0 Å². The molecule has 0 fully saturated rings. The van der Waals surface area contributed by atoms with Gasteiger partial charge in [-0.3, -0.25) is 4.79 Å². The van der Waals surface area contributed by atoms with Crippen molar-refractivity contribution in [3.8, 4) is 5.75 Å². The number of pyridine rings is 1. The molecule has 0 radical (unpaired) electrons. The highest BCUT2D eigenvalue weighted by Gasteiger charge is 2.25. The number of fused-ring (bicyclic) bond motifs is 1. The van der Waals surface area contributed by atoms with Crippen LogP contribution in [0.5, 0.6) is 5.75 Å². The van der Waals surface area contributed by atoms with Crippen LogP contribution in [0, 0.1) is 0 Å². The van der Waals surface area contributed by atoms with Gasteiger partial charge in [-0.2, -0.15) is 0 Å². The first kappa shape index (κ1) is 23.8. The summed E-state index contributed by atoms with van der Waals surface area (Å²) in [6, 6.07) is 9.66. The van der Waals surface area contributed by atoms with Crippen LogP contribution in [0.15, 0.2) is 48.2 Å². The van der Waals surface area contributed by atoms with Crippen molar-refractivity contribution in [2.45, 2.75) is 33.7 Å². The van der Waals surface area contributed by atoms with E-state index < -0.39 is 5.97 Å². The molecule has 2 heterocycles. The normalized spacial score (nSPS) is 11.4. The van der Waals surface area contributed by atoms with E-state index in [-0.39, 0.29) is 11.6 Å². The first-order chi connectivity index (χ1) is 15.9. The van der Waals surface area contributed by atoms with Gasteiger partial charge in [0.05, 0.1) is 31.8 Å². The number of rotatable bonds is 9. The first-order valence-electron chi connectivity index (χ1n) is 10.7. The number of ether oxygens (including phenoxy) is 2. The van der Waals surface area contributed by atoms with Crippen molar-refractivity contribution in [1.29, 1.82) is 0 Å². The fourth-order valence-electron chi connectivity index (χ4n) is 3.53. The highest BCUT2D eigenvalue weighted by atomic mass is 16.5. The van der Waals surface area contributed by atoms with Crippen LogP contribution < -0.4 is 15.4 Å². The minimum absolute atomic E-state index is 0.269. The summed E-state index contributed by atoms with van der Waals surface area (Å²) in [4.78, 5) is 29.4. The molecule has 0 bridgehead atoms. The number of anilines is 2. The lowest BCUT2D eigenvalue weighted by Gasteiger charge is -2.11. The summed E-state index contributed by atoms with van der Waals surface area (Å²) in [6.07, 6.45) is 4.42. The standard InChI is InChI=1S/C25H30N4O4/c1-6-16(2)14-26-19-13-21-22(28-17(3)30)23(25(31)33-5)29(24(21)27-15-19)12-11-18-7-9-20(32-4)10-8-18/h6-10,13,15,26H,11-12,14H2,1-5H3,(H,28,30)/b16-6+. The van der Waals surface area contributed by atoms with Crippen molar-refractivity contribution in [3.05, 3.63) is 59.4 Å². The molecule has 174 valence electrons. The predicted molar refractivity (Wildman–Crippen MR) is 130 cm³/mol. The molecule has 0 atom stereocenters. The number of carbonyl (C=O) groups is 2. The second kappa shape index (κ2) is 10.7. The van der Waals surface area contributed by atoms with E-state index in [9.17, 15) is 9.59 Å². The maximum absolute atomic E-state index is 12.8. The number of allylic oxidation sites excluding steroid dienone is 1. The number of hydrogen-bond donors (Lipinski definition) is 2. The monoisotopic (exact) mass is 450 g/mol. The number of aryl methyl sites for hydroxylation is 2. The Hall–Kier alpha value is -3.81. The number of carbonyl (C=O) groups excluding carboxylic acids is 2. The van der Waals surface area contributed by atoms with Gasteiger partial charge in [0, 0.05) is 25.4 Å². The molecule has 0 aliphatic heterocycles. The summed E-state index contributed by atoms with van der Waals surface area (Å²) in [6.45, 7) is 6.57. The number of nitrogens with zero attached hydrogens (tertiary/aromatic N) is 2. The third-order valence-electron chi connectivity index (χ3n) is 5.43. The van der Waals surface area contributed by atoms with Gasteiger partial charge < -0.3 is 24.7 Å². The highest BCUT2D eigenvalue weighted by molar-refractivity contribution is 6.10. The molecule has 3 aromatic rings. The minimum Gasteiger partial charge on any atom is -0.497 e. The number of amides is 1.